The van der Waals surface area contributed by atoms with Gasteiger partial charge in [0.25, 0.3) is 0 Å². The van der Waals surface area contributed by atoms with Crippen LogP contribution in [0.1, 0.15) is 44.5 Å². The van der Waals surface area contributed by atoms with Crippen LogP contribution in [-0.4, -0.2) is 0 Å². The van der Waals surface area contributed by atoms with Gasteiger partial charge < -0.3 is 14.4 Å². The predicted octanol–water partition coefficient (Wildman–Crippen LogP) is 16.9. The molecule has 3 nitrogen and oxygen atoms in total. The van der Waals surface area contributed by atoms with Crippen molar-refractivity contribution in [3.05, 3.63) is 293 Å². The topological polar surface area (TPSA) is 21.7 Å². The number of rotatable bonds is 4. The molecule has 0 N–H and O–H groups in total. The Morgan fingerprint density at radius 2 is 0.710 bits per heavy atom. The standard InChI is InChI=1S/C66H41NO2/c1-2-17-42(18-3-1)43-33-35-45(36-34-43)67(46-37-38-49-47-20-4-6-22-52(47)65(58(49)40-46)54-24-8-12-29-61(54)68-62-30-13-9-25-55(62)65)60-28-16-19-44-39-51-48-21-5-7-23-53(48)66(59(51)41-50(44)60)56-26-10-14-31-63(56)69-64-32-15-11-27-57(64)66/h1-41H. The minimum atomic E-state index is -0.613. The summed E-state index contributed by atoms with van der Waals surface area (Å²) in [5, 5.41) is 2.34. The lowest BCUT2D eigenvalue weighted by Crippen LogP contribution is -2.32. The first-order valence-electron chi connectivity index (χ1n) is 23.8. The molecule has 0 unspecified atom stereocenters. The second-order valence-corrected chi connectivity index (χ2v) is 18.7. The monoisotopic (exact) mass is 879 g/mol. The van der Waals surface area contributed by atoms with E-state index >= 15 is 0 Å². The molecule has 2 aliphatic carbocycles. The molecule has 11 aromatic carbocycles. The molecule has 4 aliphatic rings. The molecule has 15 rings (SSSR count). The maximum atomic E-state index is 6.74. The zero-order chi connectivity index (χ0) is 45.3. The molecular formula is C66H41NO2. The molecule has 0 aromatic heterocycles. The SMILES string of the molecule is c1ccc(-c2ccc(N(c3ccc4c(c3)C3(c5ccccc5Oc5ccccc53)c3ccccc3-4)c3cccc4cc5c(cc34)C3(c4ccccc4Oc4ccccc43)c3ccccc3-5)cc2)cc1. The van der Waals surface area contributed by atoms with Crippen LogP contribution >= 0.6 is 0 Å². The smallest absolute Gasteiger partial charge is 0.132 e. The summed E-state index contributed by atoms with van der Waals surface area (Å²) in [5.41, 5.74) is 19.0. The lowest BCUT2D eigenvalue weighted by Gasteiger charge is -2.40. The van der Waals surface area contributed by atoms with Crippen molar-refractivity contribution in [1.29, 1.82) is 0 Å². The van der Waals surface area contributed by atoms with Crippen molar-refractivity contribution < 1.29 is 9.47 Å². The van der Waals surface area contributed by atoms with E-state index in [0.29, 0.717) is 0 Å². The average molecular weight is 880 g/mol. The molecule has 0 bridgehead atoms. The Morgan fingerprint density at radius 3 is 1.28 bits per heavy atom. The van der Waals surface area contributed by atoms with Gasteiger partial charge in [-0.25, -0.2) is 0 Å². The summed E-state index contributed by atoms with van der Waals surface area (Å²) in [6.45, 7) is 0. The third kappa shape index (κ3) is 5.11. The van der Waals surface area contributed by atoms with Crippen LogP contribution in [-0.2, 0) is 10.8 Å². The molecular weight excluding hydrogens is 839 g/mol. The third-order valence-electron chi connectivity index (χ3n) is 15.4. The van der Waals surface area contributed by atoms with Crippen molar-refractivity contribution in [2.45, 2.75) is 10.8 Å². The van der Waals surface area contributed by atoms with Gasteiger partial charge in [-0.05, 0) is 128 Å². The van der Waals surface area contributed by atoms with E-state index in [2.05, 4.69) is 254 Å². The van der Waals surface area contributed by atoms with Crippen molar-refractivity contribution >= 4 is 27.8 Å². The van der Waals surface area contributed by atoms with Crippen LogP contribution in [0.3, 0.4) is 0 Å². The normalized spacial score (nSPS) is 14.3. The Balaban J connectivity index is 1.01. The highest BCUT2D eigenvalue weighted by Crippen LogP contribution is 2.65. The van der Waals surface area contributed by atoms with Gasteiger partial charge in [0, 0.05) is 39.0 Å². The fourth-order valence-corrected chi connectivity index (χ4v) is 12.6. The quantitative estimate of drug-likeness (QED) is 0.176. The number of hydrogen-bond donors (Lipinski definition) is 0. The van der Waals surface area contributed by atoms with Crippen molar-refractivity contribution in [1.82, 2.24) is 0 Å². The number of nitrogens with zero attached hydrogens (tertiary/aromatic N) is 1. The highest BCUT2D eigenvalue weighted by atomic mass is 16.5. The van der Waals surface area contributed by atoms with E-state index in [1.807, 2.05) is 0 Å². The summed E-state index contributed by atoms with van der Waals surface area (Å²) in [4.78, 5) is 2.48. The van der Waals surface area contributed by atoms with Gasteiger partial charge >= 0.3 is 0 Å². The lowest BCUT2D eigenvalue weighted by atomic mass is 9.66. The minimum absolute atomic E-state index is 0.601. The molecule has 2 aliphatic heterocycles. The summed E-state index contributed by atoms with van der Waals surface area (Å²) < 4.78 is 13.5. The first kappa shape index (κ1) is 38.2. The molecule has 11 aromatic rings. The van der Waals surface area contributed by atoms with E-state index in [0.717, 1.165) is 67.7 Å². The van der Waals surface area contributed by atoms with Crippen LogP contribution in [0.4, 0.5) is 17.1 Å². The fourth-order valence-electron chi connectivity index (χ4n) is 12.6. The van der Waals surface area contributed by atoms with Gasteiger partial charge in [0.1, 0.15) is 23.0 Å². The van der Waals surface area contributed by atoms with E-state index in [1.54, 1.807) is 0 Å². The largest absolute Gasteiger partial charge is 0.457 e. The van der Waals surface area contributed by atoms with E-state index in [1.165, 1.54) is 61.0 Å². The number of ether oxygens (including phenoxy) is 2. The van der Waals surface area contributed by atoms with E-state index in [9.17, 15) is 0 Å². The summed E-state index contributed by atoms with van der Waals surface area (Å²) >= 11 is 0. The highest BCUT2D eigenvalue weighted by molar-refractivity contribution is 6.05. The first-order valence-corrected chi connectivity index (χ1v) is 23.8. The third-order valence-corrected chi connectivity index (χ3v) is 15.4. The van der Waals surface area contributed by atoms with Crippen molar-refractivity contribution in [2.75, 3.05) is 4.90 Å². The molecule has 0 fully saturated rings. The van der Waals surface area contributed by atoms with Gasteiger partial charge in [-0.2, -0.15) is 0 Å². The van der Waals surface area contributed by atoms with E-state index in [-0.39, 0.29) is 0 Å². The molecule has 69 heavy (non-hydrogen) atoms. The highest BCUT2D eigenvalue weighted by Gasteiger charge is 2.53. The van der Waals surface area contributed by atoms with Gasteiger partial charge in [0.05, 0.1) is 16.5 Å². The Hall–Kier alpha value is -8.92. The zero-order valence-corrected chi connectivity index (χ0v) is 37.4. The molecule has 3 heteroatoms. The summed E-state index contributed by atoms with van der Waals surface area (Å²) in [6.07, 6.45) is 0. The Bertz CT molecular complexity index is 3830. The molecule has 0 atom stereocenters. The Labute approximate surface area is 400 Å². The molecule has 0 radical (unpaired) electrons. The van der Waals surface area contributed by atoms with Crippen molar-refractivity contribution in [3.8, 4) is 56.4 Å². The van der Waals surface area contributed by atoms with E-state index in [4.69, 9.17) is 9.47 Å². The number of hydrogen-bond acceptors (Lipinski definition) is 3. The van der Waals surface area contributed by atoms with Gasteiger partial charge in [-0.15, -0.1) is 0 Å². The van der Waals surface area contributed by atoms with Crippen LogP contribution in [0.15, 0.2) is 249 Å². The molecule has 322 valence electrons. The molecule has 2 heterocycles. The van der Waals surface area contributed by atoms with Crippen molar-refractivity contribution in [3.63, 3.8) is 0 Å². The van der Waals surface area contributed by atoms with Crippen molar-refractivity contribution in [2.24, 2.45) is 0 Å². The number of anilines is 3. The number of benzene rings is 11. The zero-order valence-electron chi connectivity index (χ0n) is 37.4. The van der Waals surface area contributed by atoms with Crippen LogP contribution in [0.2, 0.25) is 0 Å². The van der Waals surface area contributed by atoms with Crippen LogP contribution in [0.25, 0.3) is 44.2 Å². The molecule has 0 saturated carbocycles. The van der Waals surface area contributed by atoms with Gasteiger partial charge in [-0.1, -0.05) is 182 Å². The van der Waals surface area contributed by atoms with E-state index < -0.39 is 10.8 Å². The van der Waals surface area contributed by atoms with Crippen LogP contribution in [0, 0.1) is 0 Å². The fraction of sp³-hybridized carbons (Fsp3) is 0.0303. The number of para-hydroxylation sites is 4. The Kier molecular flexibility index (Phi) is 7.92. The number of fused-ring (bicyclic) bond motifs is 19. The summed E-state index contributed by atoms with van der Waals surface area (Å²) in [7, 11) is 0. The minimum Gasteiger partial charge on any atom is -0.457 e. The predicted molar refractivity (Wildman–Crippen MR) is 279 cm³/mol. The van der Waals surface area contributed by atoms with Gasteiger partial charge in [0.2, 0.25) is 0 Å². The second kappa shape index (κ2) is 14.3. The first-order chi connectivity index (χ1) is 34.2. The summed E-state index contributed by atoms with van der Waals surface area (Å²) in [5.74, 6) is 3.53. The second-order valence-electron chi connectivity index (χ2n) is 18.7. The van der Waals surface area contributed by atoms with Gasteiger partial charge in [-0.3, -0.25) is 0 Å². The maximum Gasteiger partial charge on any atom is 0.132 e. The molecule has 2 spiro atoms. The van der Waals surface area contributed by atoms with Crippen LogP contribution in [0.5, 0.6) is 23.0 Å². The average Bonchev–Trinajstić information content (AvgIpc) is 3.86. The van der Waals surface area contributed by atoms with Gasteiger partial charge in [0.15, 0.2) is 0 Å². The maximum absolute atomic E-state index is 6.74. The Morgan fingerprint density at radius 1 is 0.275 bits per heavy atom. The van der Waals surface area contributed by atoms with Crippen LogP contribution < -0.4 is 14.4 Å². The molecule has 0 amide bonds. The lowest BCUT2D eigenvalue weighted by molar-refractivity contribution is 0.436. The summed E-state index contributed by atoms with van der Waals surface area (Å²) in [6, 6.07) is 91.0. The molecule has 0 saturated heterocycles.